The lowest BCUT2D eigenvalue weighted by Crippen LogP contribution is -2.33. The van der Waals surface area contributed by atoms with E-state index in [0.29, 0.717) is 12.0 Å². The first-order valence-electron chi connectivity index (χ1n) is 5.17. The molecule has 1 aromatic rings. The molecule has 88 valence electrons. The predicted molar refractivity (Wildman–Crippen MR) is 59.6 cm³/mol. The summed E-state index contributed by atoms with van der Waals surface area (Å²) in [7, 11) is 1.34. The number of nitrogens with one attached hydrogen (secondary N) is 1. The van der Waals surface area contributed by atoms with E-state index in [1.165, 1.54) is 13.2 Å². The molecule has 1 N–H and O–H groups in total. The number of hydrogen-bond acceptors (Lipinski definition) is 3. The van der Waals surface area contributed by atoms with Crippen LogP contribution in [0.5, 0.6) is 0 Å². The van der Waals surface area contributed by atoms with Gasteiger partial charge in [-0.05, 0) is 25.0 Å². The Hall–Kier alpha value is -1.42. The van der Waals surface area contributed by atoms with Gasteiger partial charge in [0.2, 0.25) is 0 Å². The van der Waals surface area contributed by atoms with Crippen molar-refractivity contribution >= 4 is 5.97 Å². The average Bonchev–Trinajstić information content (AvgIpc) is 2.29. The Bertz CT molecular complexity index is 355. The maximum Gasteiger partial charge on any atom is 0.319 e. The minimum absolute atomic E-state index is 0.0241. The second kappa shape index (κ2) is 6.23. The summed E-state index contributed by atoms with van der Waals surface area (Å²) < 4.78 is 17.8. The van der Waals surface area contributed by atoms with E-state index < -0.39 is 0 Å². The Labute approximate surface area is 94.6 Å². The van der Waals surface area contributed by atoms with Gasteiger partial charge in [0, 0.05) is 6.04 Å². The molecule has 1 unspecified atom stereocenters. The number of ether oxygens (including phenoxy) is 1. The van der Waals surface area contributed by atoms with E-state index in [-0.39, 0.29) is 24.4 Å². The largest absolute Gasteiger partial charge is 0.468 e. The molecule has 0 aliphatic rings. The van der Waals surface area contributed by atoms with Crippen molar-refractivity contribution in [1.82, 2.24) is 5.32 Å². The van der Waals surface area contributed by atoms with E-state index in [0.717, 1.165) is 0 Å². The van der Waals surface area contributed by atoms with Crippen molar-refractivity contribution in [2.24, 2.45) is 0 Å². The molecule has 1 atom stereocenters. The van der Waals surface area contributed by atoms with Gasteiger partial charge in [-0.2, -0.15) is 0 Å². The fraction of sp³-hybridized carbons (Fsp3) is 0.417. The molecule has 0 fully saturated rings. The van der Waals surface area contributed by atoms with Crippen LogP contribution in [0.4, 0.5) is 4.39 Å². The third-order valence-electron chi connectivity index (χ3n) is 2.31. The highest BCUT2D eigenvalue weighted by molar-refractivity contribution is 5.71. The molecule has 3 nitrogen and oxygen atoms in total. The SMILES string of the molecule is COC(=O)CNC(C)Cc1ccccc1F. The molecule has 0 radical (unpaired) electrons. The van der Waals surface area contributed by atoms with Crippen molar-refractivity contribution in [3.8, 4) is 0 Å². The van der Waals surface area contributed by atoms with E-state index in [1.54, 1.807) is 18.2 Å². The first kappa shape index (κ1) is 12.6. The molecule has 0 aliphatic carbocycles. The summed E-state index contributed by atoms with van der Waals surface area (Å²) in [6, 6.07) is 6.65. The third kappa shape index (κ3) is 3.98. The lowest BCUT2D eigenvalue weighted by molar-refractivity contribution is -0.139. The molecule has 0 saturated heterocycles. The van der Waals surface area contributed by atoms with Crippen LogP contribution in [0.15, 0.2) is 24.3 Å². The average molecular weight is 225 g/mol. The van der Waals surface area contributed by atoms with Crippen LogP contribution in [-0.2, 0) is 16.0 Å². The van der Waals surface area contributed by atoms with Gasteiger partial charge in [0.15, 0.2) is 0 Å². The molecule has 0 heterocycles. The summed E-state index contributed by atoms with van der Waals surface area (Å²) in [5.41, 5.74) is 0.646. The molecule has 1 rings (SSSR count). The maximum atomic E-state index is 13.3. The lowest BCUT2D eigenvalue weighted by Gasteiger charge is -2.13. The standard InChI is InChI=1S/C12H16FNO2/c1-9(14-8-12(15)16-2)7-10-5-3-4-6-11(10)13/h3-6,9,14H,7-8H2,1-2H3. The number of methoxy groups -OCH3 is 1. The van der Waals surface area contributed by atoms with E-state index in [2.05, 4.69) is 10.1 Å². The van der Waals surface area contributed by atoms with Crippen LogP contribution >= 0.6 is 0 Å². The summed E-state index contributed by atoms with van der Waals surface area (Å²) in [6.45, 7) is 2.04. The molecule has 0 saturated carbocycles. The topological polar surface area (TPSA) is 38.3 Å². The zero-order valence-corrected chi connectivity index (χ0v) is 9.50. The first-order chi connectivity index (χ1) is 7.63. The van der Waals surface area contributed by atoms with Crippen molar-refractivity contribution in [3.05, 3.63) is 35.6 Å². The van der Waals surface area contributed by atoms with Crippen LogP contribution < -0.4 is 5.32 Å². The lowest BCUT2D eigenvalue weighted by atomic mass is 10.1. The zero-order chi connectivity index (χ0) is 12.0. The number of benzene rings is 1. The van der Waals surface area contributed by atoms with Crippen molar-refractivity contribution in [1.29, 1.82) is 0 Å². The molecule has 16 heavy (non-hydrogen) atoms. The molecule has 0 bridgehead atoms. The summed E-state index contributed by atoms with van der Waals surface area (Å²) in [5.74, 6) is -0.533. The number of hydrogen-bond donors (Lipinski definition) is 1. The van der Waals surface area contributed by atoms with Gasteiger partial charge in [-0.3, -0.25) is 4.79 Å². The normalized spacial score (nSPS) is 12.2. The third-order valence-corrected chi connectivity index (χ3v) is 2.31. The molecule has 0 spiro atoms. The van der Waals surface area contributed by atoms with Crippen LogP contribution in [-0.4, -0.2) is 25.7 Å². The second-order valence-electron chi connectivity index (χ2n) is 3.65. The summed E-state index contributed by atoms with van der Waals surface area (Å²) >= 11 is 0. The Balaban J connectivity index is 2.43. The summed E-state index contributed by atoms with van der Waals surface area (Å²) in [4.78, 5) is 10.9. The van der Waals surface area contributed by atoms with Gasteiger partial charge in [-0.1, -0.05) is 18.2 Å². The quantitative estimate of drug-likeness (QED) is 0.772. The molecule has 0 amide bonds. The number of halogens is 1. The van der Waals surface area contributed by atoms with E-state index in [4.69, 9.17) is 0 Å². The number of esters is 1. The number of rotatable bonds is 5. The van der Waals surface area contributed by atoms with Crippen molar-refractivity contribution < 1.29 is 13.9 Å². The zero-order valence-electron chi connectivity index (χ0n) is 9.50. The second-order valence-corrected chi connectivity index (χ2v) is 3.65. The highest BCUT2D eigenvalue weighted by atomic mass is 19.1. The van der Waals surface area contributed by atoms with E-state index >= 15 is 0 Å². The Kier molecular flexibility index (Phi) is 4.92. The van der Waals surface area contributed by atoms with Crippen molar-refractivity contribution in [2.45, 2.75) is 19.4 Å². The van der Waals surface area contributed by atoms with Gasteiger partial charge < -0.3 is 10.1 Å². The molecular formula is C12H16FNO2. The Morgan fingerprint density at radius 1 is 1.50 bits per heavy atom. The van der Waals surface area contributed by atoms with Crippen molar-refractivity contribution in [3.63, 3.8) is 0 Å². The highest BCUT2D eigenvalue weighted by Crippen LogP contribution is 2.08. The summed E-state index contributed by atoms with van der Waals surface area (Å²) in [5, 5.41) is 2.97. The molecule has 0 aromatic heterocycles. The van der Waals surface area contributed by atoms with E-state index in [1.807, 2.05) is 6.92 Å². The predicted octanol–water partition coefficient (Wildman–Crippen LogP) is 1.52. The van der Waals surface area contributed by atoms with Gasteiger partial charge in [-0.15, -0.1) is 0 Å². The molecular weight excluding hydrogens is 209 g/mol. The smallest absolute Gasteiger partial charge is 0.319 e. The van der Waals surface area contributed by atoms with Gasteiger partial charge in [-0.25, -0.2) is 4.39 Å². The van der Waals surface area contributed by atoms with Gasteiger partial charge in [0.1, 0.15) is 5.82 Å². The highest BCUT2D eigenvalue weighted by Gasteiger charge is 2.08. The Morgan fingerprint density at radius 3 is 2.81 bits per heavy atom. The molecule has 1 aromatic carbocycles. The number of carbonyl (C=O) groups excluding carboxylic acids is 1. The fourth-order valence-corrected chi connectivity index (χ4v) is 1.40. The monoisotopic (exact) mass is 225 g/mol. The van der Waals surface area contributed by atoms with E-state index in [9.17, 15) is 9.18 Å². The molecule has 4 heteroatoms. The minimum atomic E-state index is -0.319. The number of carbonyl (C=O) groups is 1. The van der Waals surface area contributed by atoms with Crippen LogP contribution in [0.2, 0.25) is 0 Å². The fourth-order valence-electron chi connectivity index (χ4n) is 1.40. The van der Waals surface area contributed by atoms with Crippen LogP contribution in [0.3, 0.4) is 0 Å². The van der Waals surface area contributed by atoms with Gasteiger partial charge >= 0.3 is 5.97 Å². The molecule has 0 aliphatic heterocycles. The minimum Gasteiger partial charge on any atom is -0.468 e. The maximum absolute atomic E-state index is 13.3. The van der Waals surface area contributed by atoms with Crippen LogP contribution in [0.25, 0.3) is 0 Å². The van der Waals surface area contributed by atoms with Gasteiger partial charge in [0.25, 0.3) is 0 Å². The van der Waals surface area contributed by atoms with Crippen LogP contribution in [0.1, 0.15) is 12.5 Å². The first-order valence-corrected chi connectivity index (χ1v) is 5.17. The van der Waals surface area contributed by atoms with Crippen molar-refractivity contribution in [2.75, 3.05) is 13.7 Å². The summed E-state index contributed by atoms with van der Waals surface area (Å²) in [6.07, 6.45) is 0.545. The van der Waals surface area contributed by atoms with Gasteiger partial charge in [0.05, 0.1) is 13.7 Å². The Morgan fingerprint density at radius 2 is 2.19 bits per heavy atom. The van der Waals surface area contributed by atoms with Crippen LogP contribution in [0, 0.1) is 5.82 Å².